The summed E-state index contributed by atoms with van der Waals surface area (Å²) in [6.07, 6.45) is 2.56. The van der Waals surface area contributed by atoms with Gasteiger partial charge in [-0.25, -0.2) is 4.98 Å². The molecular formula is C10H17N3O. The summed E-state index contributed by atoms with van der Waals surface area (Å²) in [6.45, 7) is 7.08. The predicted molar refractivity (Wildman–Crippen MR) is 54.7 cm³/mol. The number of rotatable bonds is 0. The fourth-order valence-corrected chi connectivity index (χ4v) is 1.48. The Balaban J connectivity index is 0.000000461. The van der Waals surface area contributed by atoms with Gasteiger partial charge in [-0.15, -0.1) is 0 Å². The summed E-state index contributed by atoms with van der Waals surface area (Å²) in [5.41, 5.74) is 2.18. The van der Waals surface area contributed by atoms with Gasteiger partial charge in [-0.3, -0.25) is 4.79 Å². The largest absolute Gasteiger partial charge is 0.347 e. The number of hydrogen-bond donors (Lipinski definition) is 1. The first-order chi connectivity index (χ1) is 6.77. The van der Waals surface area contributed by atoms with Gasteiger partial charge in [0.1, 0.15) is 0 Å². The minimum atomic E-state index is 0.134. The van der Waals surface area contributed by atoms with E-state index < -0.39 is 0 Å². The first-order valence-corrected chi connectivity index (χ1v) is 5.04. The van der Waals surface area contributed by atoms with Gasteiger partial charge in [0.2, 0.25) is 5.91 Å². The molecule has 1 aliphatic rings. The van der Waals surface area contributed by atoms with Crippen LogP contribution in [0.2, 0.25) is 0 Å². The van der Waals surface area contributed by atoms with E-state index in [1.807, 2.05) is 18.7 Å². The van der Waals surface area contributed by atoms with E-state index in [2.05, 4.69) is 9.97 Å². The van der Waals surface area contributed by atoms with Crippen molar-refractivity contribution in [2.24, 2.45) is 0 Å². The second-order valence-corrected chi connectivity index (χ2v) is 3.02. The molecule has 0 saturated carbocycles. The minimum absolute atomic E-state index is 0.134. The van der Waals surface area contributed by atoms with Crippen LogP contribution in [-0.4, -0.2) is 27.3 Å². The molecule has 78 valence electrons. The normalized spacial score (nSPS) is 14.1. The molecule has 1 aromatic rings. The summed E-state index contributed by atoms with van der Waals surface area (Å²) in [7, 11) is 0. The molecule has 2 rings (SSSR count). The molecule has 0 bridgehead atoms. The second kappa shape index (κ2) is 4.79. The van der Waals surface area contributed by atoms with Crippen LogP contribution in [0.5, 0.6) is 0 Å². The summed E-state index contributed by atoms with van der Waals surface area (Å²) >= 11 is 0. The average molecular weight is 195 g/mol. The van der Waals surface area contributed by atoms with E-state index in [4.69, 9.17) is 0 Å². The molecule has 1 aromatic heterocycles. The number of imidazole rings is 1. The van der Waals surface area contributed by atoms with Gasteiger partial charge in [0.05, 0.1) is 24.3 Å². The quantitative estimate of drug-likeness (QED) is 0.679. The lowest BCUT2D eigenvalue weighted by atomic mass is 10.1. The van der Waals surface area contributed by atoms with Gasteiger partial charge in [0, 0.05) is 19.9 Å². The predicted octanol–water partition coefficient (Wildman–Crippen LogP) is 1.34. The van der Waals surface area contributed by atoms with E-state index in [1.165, 1.54) is 0 Å². The molecule has 0 aromatic carbocycles. The monoisotopic (exact) mass is 195 g/mol. The van der Waals surface area contributed by atoms with Gasteiger partial charge < -0.3 is 9.88 Å². The first kappa shape index (κ1) is 10.8. The molecule has 14 heavy (non-hydrogen) atoms. The number of hydrogen-bond acceptors (Lipinski definition) is 2. The molecule has 4 nitrogen and oxygen atoms in total. The van der Waals surface area contributed by atoms with Crippen molar-refractivity contribution < 1.29 is 4.79 Å². The Morgan fingerprint density at radius 2 is 2.29 bits per heavy atom. The number of nitrogens with one attached hydrogen (secondary N) is 1. The highest BCUT2D eigenvalue weighted by Crippen LogP contribution is 2.14. The van der Waals surface area contributed by atoms with Crippen molar-refractivity contribution in [3.05, 3.63) is 17.7 Å². The fraction of sp³-hybridized carbons (Fsp3) is 0.600. The van der Waals surface area contributed by atoms with Crippen LogP contribution in [0.1, 0.15) is 32.2 Å². The number of amides is 1. The highest BCUT2D eigenvalue weighted by molar-refractivity contribution is 5.73. The van der Waals surface area contributed by atoms with Crippen molar-refractivity contribution in [2.45, 2.75) is 33.7 Å². The lowest BCUT2D eigenvalue weighted by Crippen LogP contribution is -2.34. The Morgan fingerprint density at radius 1 is 1.57 bits per heavy atom. The number of aromatic amines is 1. The van der Waals surface area contributed by atoms with Gasteiger partial charge in [-0.05, 0) is 0 Å². The third-order valence-corrected chi connectivity index (χ3v) is 2.22. The molecule has 4 heteroatoms. The van der Waals surface area contributed by atoms with E-state index in [-0.39, 0.29) is 5.91 Å². The van der Waals surface area contributed by atoms with Crippen molar-refractivity contribution in [3.8, 4) is 0 Å². The number of carbonyl (C=O) groups excluding carboxylic acids is 1. The maximum atomic E-state index is 11.0. The van der Waals surface area contributed by atoms with E-state index in [0.717, 1.165) is 24.4 Å². The van der Waals surface area contributed by atoms with Crippen LogP contribution >= 0.6 is 0 Å². The standard InChI is InChI=1S/C8H11N3O.C2H6/c1-6(12)11-3-2-7-8(4-11)10-5-9-7;1-2/h5H,2-4H2,1H3,(H,9,10);1-2H3. The smallest absolute Gasteiger partial charge is 0.219 e. The zero-order chi connectivity index (χ0) is 10.6. The van der Waals surface area contributed by atoms with Crippen molar-refractivity contribution in [1.82, 2.24) is 14.9 Å². The molecule has 2 heterocycles. The van der Waals surface area contributed by atoms with Gasteiger partial charge >= 0.3 is 0 Å². The topological polar surface area (TPSA) is 49.0 Å². The molecule has 0 aliphatic carbocycles. The molecule has 1 amide bonds. The van der Waals surface area contributed by atoms with E-state index >= 15 is 0 Å². The van der Waals surface area contributed by atoms with E-state index in [1.54, 1.807) is 13.3 Å². The van der Waals surface area contributed by atoms with Crippen LogP contribution in [0.25, 0.3) is 0 Å². The highest BCUT2D eigenvalue weighted by Gasteiger charge is 2.19. The Bertz CT molecular complexity index is 306. The Morgan fingerprint density at radius 3 is 2.93 bits per heavy atom. The van der Waals surface area contributed by atoms with Crippen molar-refractivity contribution in [3.63, 3.8) is 0 Å². The van der Waals surface area contributed by atoms with Crippen LogP contribution in [0.3, 0.4) is 0 Å². The summed E-state index contributed by atoms with van der Waals surface area (Å²) in [5.74, 6) is 0.134. The maximum absolute atomic E-state index is 11.0. The molecule has 0 unspecified atom stereocenters. The molecule has 1 N–H and O–H groups in total. The van der Waals surface area contributed by atoms with E-state index in [0.29, 0.717) is 6.54 Å². The third-order valence-electron chi connectivity index (χ3n) is 2.22. The Kier molecular flexibility index (Phi) is 3.68. The van der Waals surface area contributed by atoms with Crippen LogP contribution in [-0.2, 0) is 17.8 Å². The number of carbonyl (C=O) groups is 1. The third kappa shape index (κ3) is 2.13. The van der Waals surface area contributed by atoms with Gasteiger partial charge in [0.15, 0.2) is 0 Å². The molecule has 1 aliphatic heterocycles. The molecule has 0 atom stereocenters. The first-order valence-electron chi connectivity index (χ1n) is 5.04. The van der Waals surface area contributed by atoms with Crippen molar-refractivity contribution in [1.29, 1.82) is 0 Å². The van der Waals surface area contributed by atoms with Crippen molar-refractivity contribution in [2.75, 3.05) is 6.54 Å². The number of aromatic nitrogens is 2. The SMILES string of the molecule is CC.CC(=O)N1CCc2nc[nH]c2C1. The van der Waals surface area contributed by atoms with Crippen LogP contribution in [0, 0.1) is 0 Å². The molecule has 0 saturated heterocycles. The summed E-state index contributed by atoms with van der Waals surface area (Å²) < 4.78 is 0. The molecular weight excluding hydrogens is 178 g/mol. The van der Waals surface area contributed by atoms with Gasteiger partial charge in [-0.1, -0.05) is 13.8 Å². The lowest BCUT2D eigenvalue weighted by Gasteiger charge is -2.24. The maximum Gasteiger partial charge on any atom is 0.219 e. The Hall–Kier alpha value is -1.32. The fourth-order valence-electron chi connectivity index (χ4n) is 1.48. The van der Waals surface area contributed by atoms with Crippen molar-refractivity contribution >= 4 is 5.91 Å². The zero-order valence-corrected chi connectivity index (χ0v) is 9.00. The van der Waals surface area contributed by atoms with E-state index in [9.17, 15) is 4.79 Å². The number of fused-ring (bicyclic) bond motifs is 1. The number of nitrogens with zero attached hydrogens (tertiary/aromatic N) is 2. The molecule has 0 radical (unpaired) electrons. The summed E-state index contributed by atoms with van der Waals surface area (Å²) in [4.78, 5) is 20.0. The van der Waals surface area contributed by atoms with Crippen LogP contribution in [0.4, 0.5) is 0 Å². The van der Waals surface area contributed by atoms with Crippen LogP contribution < -0.4 is 0 Å². The van der Waals surface area contributed by atoms with Gasteiger partial charge in [-0.2, -0.15) is 0 Å². The Labute approximate surface area is 84.3 Å². The van der Waals surface area contributed by atoms with Crippen LogP contribution in [0.15, 0.2) is 6.33 Å². The highest BCUT2D eigenvalue weighted by atomic mass is 16.2. The average Bonchev–Trinajstić information content (AvgIpc) is 2.67. The van der Waals surface area contributed by atoms with Gasteiger partial charge in [0.25, 0.3) is 0 Å². The lowest BCUT2D eigenvalue weighted by molar-refractivity contribution is -0.129. The molecule has 0 spiro atoms. The number of H-pyrrole nitrogens is 1. The second-order valence-electron chi connectivity index (χ2n) is 3.02. The molecule has 0 fully saturated rings. The zero-order valence-electron chi connectivity index (χ0n) is 9.00. The summed E-state index contributed by atoms with van der Waals surface area (Å²) in [6, 6.07) is 0. The summed E-state index contributed by atoms with van der Waals surface area (Å²) in [5, 5.41) is 0. The minimum Gasteiger partial charge on any atom is -0.347 e.